The third-order valence-corrected chi connectivity index (χ3v) is 3.60. The zero-order chi connectivity index (χ0) is 14.5. The Bertz CT molecular complexity index is 453. The fourth-order valence-electron chi connectivity index (χ4n) is 0.955. The van der Waals surface area contributed by atoms with Crippen LogP contribution in [0.2, 0.25) is 0 Å². The summed E-state index contributed by atoms with van der Waals surface area (Å²) in [5.74, 6) is -0.152. The number of nitrogens with zero attached hydrogens (tertiary/aromatic N) is 3. The van der Waals surface area contributed by atoms with Gasteiger partial charge in [-0.25, -0.2) is 15.4 Å². The van der Waals surface area contributed by atoms with Crippen molar-refractivity contribution < 1.29 is 4.79 Å². The van der Waals surface area contributed by atoms with Gasteiger partial charge in [0.1, 0.15) is 0 Å². The van der Waals surface area contributed by atoms with Crippen molar-refractivity contribution in [3.05, 3.63) is 18.5 Å². The van der Waals surface area contributed by atoms with Crippen molar-refractivity contribution in [2.45, 2.75) is 45.0 Å². The highest BCUT2D eigenvalue weighted by Gasteiger charge is 2.17. The molecule has 1 atom stereocenters. The molecule has 19 heavy (non-hydrogen) atoms. The summed E-state index contributed by atoms with van der Waals surface area (Å²) >= 11 is 1.31. The van der Waals surface area contributed by atoms with Crippen molar-refractivity contribution in [2.75, 3.05) is 0 Å². The molecule has 0 aromatic carbocycles. The van der Waals surface area contributed by atoms with Crippen LogP contribution in [0.5, 0.6) is 0 Å². The Labute approximate surface area is 118 Å². The number of hydrogen-bond acceptors (Lipinski definition) is 5. The van der Waals surface area contributed by atoms with Gasteiger partial charge >= 0.3 is 0 Å². The first-order valence-corrected chi connectivity index (χ1v) is 6.97. The summed E-state index contributed by atoms with van der Waals surface area (Å²) in [4.78, 5) is 20.0. The highest BCUT2D eigenvalue weighted by molar-refractivity contribution is 8.00. The molecular formula is C13H20N4OS. The average molecular weight is 280 g/mol. The summed E-state index contributed by atoms with van der Waals surface area (Å²) in [7, 11) is 0. The molecule has 6 heteroatoms. The Morgan fingerprint density at radius 2 is 1.95 bits per heavy atom. The van der Waals surface area contributed by atoms with Crippen LogP contribution < -0.4 is 5.43 Å². The third-order valence-electron chi connectivity index (χ3n) is 2.61. The predicted octanol–water partition coefficient (Wildman–Crippen LogP) is 2.50. The molecule has 1 aromatic heterocycles. The molecule has 0 bridgehead atoms. The maximum Gasteiger partial charge on any atom is 0.253 e. The second-order valence-electron chi connectivity index (χ2n) is 5.21. The van der Waals surface area contributed by atoms with Crippen LogP contribution in [-0.2, 0) is 4.79 Å². The van der Waals surface area contributed by atoms with Gasteiger partial charge in [0.2, 0.25) is 0 Å². The smallest absolute Gasteiger partial charge is 0.253 e. The molecule has 0 saturated carbocycles. The highest BCUT2D eigenvalue weighted by Crippen LogP contribution is 2.18. The summed E-state index contributed by atoms with van der Waals surface area (Å²) in [6, 6.07) is 1.74. The normalized spacial score (nSPS) is 14.1. The van der Waals surface area contributed by atoms with E-state index in [4.69, 9.17) is 0 Å². The summed E-state index contributed by atoms with van der Waals surface area (Å²) < 4.78 is 0. The molecule has 5 nitrogen and oxygen atoms in total. The van der Waals surface area contributed by atoms with Crippen LogP contribution in [0.15, 0.2) is 28.7 Å². The van der Waals surface area contributed by atoms with Gasteiger partial charge < -0.3 is 0 Å². The van der Waals surface area contributed by atoms with Gasteiger partial charge in [-0.1, -0.05) is 32.5 Å². The van der Waals surface area contributed by atoms with Crippen molar-refractivity contribution in [1.29, 1.82) is 0 Å². The topological polar surface area (TPSA) is 67.2 Å². The Hall–Kier alpha value is -1.43. The number of thioether (sulfide) groups is 1. The molecule has 0 aliphatic carbocycles. The summed E-state index contributed by atoms with van der Waals surface area (Å²) in [5, 5.41) is 4.41. The van der Waals surface area contributed by atoms with E-state index in [1.807, 2.05) is 27.7 Å². The molecule has 0 aliphatic rings. The van der Waals surface area contributed by atoms with Crippen molar-refractivity contribution in [2.24, 2.45) is 10.5 Å². The molecular weight excluding hydrogens is 260 g/mol. The fourth-order valence-corrected chi connectivity index (χ4v) is 1.67. The van der Waals surface area contributed by atoms with Gasteiger partial charge in [-0.05, 0) is 19.9 Å². The van der Waals surface area contributed by atoms with Crippen LogP contribution in [0.25, 0.3) is 0 Å². The summed E-state index contributed by atoms with van der Waals surface area (Å²) in [6.45, 7) is 9.85. The van der Waals surface area contributed by atoms with E-state index in [1.54, 1.807) is 25.4 Å². The van der Waals surface area contributed by atoms with E-state index in [9.17, 15) is 4.79 Å². The zero-order valence-electron chi connectivity index (χ0n) is 12.0. The number of amides is 1. The molecule has 0 fully saturated rings. The minimum Gasteiger partial charge on any atom is -0.272 e. The van der Waals surface area contributed by atoms with Crippen LogP contribution in [0, 0.1) is 5.41 Å². The van der Waals surface area contributed by atoms with Gasteiger partial charge in [0.15, 0.2) is 5.16 Å². The van der Waals surface area contributed by atoms with E-state index in [-0.39, 0.29) is 16.6 Å². The third kappa shape index (κ3) is 5.38. The van der Waals surface area contributed by atoms with E-state index in [1.165, 1.54) is 11.8 Å². The zero-order valence-corrected chi connectivity index (χ0v) is 12.8. The van der Waals surface area contributed by atoms with E-state index in [2.05, 4.69) is 20.5 Å². The Morgan fingerprint density at radius 3 is 2.47 bits per heavy atom. The SMILES string of the molecule is C/C(=N/NC(=O)C(C)Sc1ncccn1)C(C)(C)C. The Morgan fingerprint density at radius 1 is 1.37 bits per heavy atom. The number of hydrogen-bond donors (Lipinski definition) is 1. The molecule has 1 amide bonds. The van der Waals surface area contributed by atoms with Crippen molar-refractivity contribution >= 4 is 23.4 Å². The minimum atomic E-state index is -0.293. The first-order valence-electron chi connectivity index (χ1n) is 6.09. The van der Waals surface area contributed by atoms with Gasteiger partial charge in [-0.3, -0.25) is 4.79 Å². The van der Waals surface area contributed by atoms with Crippen LogP contribution >= 0.6 is 11.8 Å². The van der Waals surface area contributed by atoms with Crippen LogP contribution in [0.1, 0.15) is 34.6 Å². The first-order chi connectivity index (χ1) is 8.80. The van der Waals surface area contributed by atoms with E-state index in [0.717, 1.165) is 5.71 Å². The number of aromatic nitrogens is 2. The monoisotopic (exact) mass is 280 g/mol. The molecule has 0 aliphatic heterocycles. The lowest BCUT2D eigenvalue weighted by Gasteiger charge is -2.18. The number of rotatable bonds is 4. The van der Waals surface area contributed by atoms with Crippen molar-refractivity contribution in [3.8, 4) is 0 Å². The number of hydrazone groups is 1. The van der Waals surface area contributed by atoms with E-state index < -0.39 is 0 Å². The highest BCUT2D eigenvalue weighted by atomic mass is 32.2. The van der Waals surface area contributed by atoms with Gasteiger partial charge in [0, 0.05) is 23.5 Å². The lowest BCUT2D eigenvalue weighted by molar-refractivity contribution is -0.120. The molecule has 104 valence electrons. The second-order valence-corrected chi connectivity index (χ2v) is 6.52. The fraction of sp³-hybridized carbons (Fsp3) is 0.538. The molecule has 1 heterocycles. The molecule has 1 rings (SSSR count). The molecule has 0 saturated heterocycles. The predicted molar refractivity (Wildman–Crippen MR) is 78.1 cm³/mol. The number of carbonyl (C=O) groups is 1. The first kappa shape index (κ1) is 15.6. The van der Waals surface area contributed by atoms with Gasteiger partial charge in [0.05, 0.1) is 5.25 Å². The van der Waals surface area contributed by atoms with Crippen molar-refractivity contribution in [3.63, 3.8) is 0 Å². The Balaban J connectivity index is 2.55. The summed E-state index contributed by atoms with van der Waals surface area (Å²) in [6.07, 6.45) is 3.31. The lowest BCUT2D eigenvalue weighted by atomic mass is 9.91. The largest absolute Gasteiger partial charge is 0.272 e. The lowest BCUT2D eigenvalue weighted by Crippen LogP contribution is -2.30. The second kappa shape index (κ2) is 6.65. The minimum absolute atomic E-state index is 0.0494. The maximum absolute atomic E-state index is 11.9. The standard InChI is InChI=1S/C13H20N4OS/c1-9(19-12-14-7-6-8-15-12)11(18)17-16-10(2)13(3,4)5/h6-9H,1-5H3,(H,17,18)/b16-10-. The average Bonchev–Trinajstić information content (AvgIpc) is 2.35. The van der Waals surface area contributed by atoms with Crippen LogP contribution in [-0.4, -0.2) is 26.8 Å². The maximum atomic E-state index is 11.9. The van der Waals surface area contributed by atoms with E-state index in [0.29, 0.717) is 5.16 Å². The van der Waals surface area contributed by atoms with Crippen molar-refractivity contribution in [1.82, 2.24) is 15.4 Å². The number of carbonyl (C=O) groups excluding carboxylic acids is 1. The summed E-state index contributed by atoms with van der Waals surface area (Å²) in [5.41, 5.74) is 3.42. The molecule has 1 aromatic rings. The molecule has 1 N–H and O–H groups in total. The van der Waals surface area contributed by atoms with E-state index >= 15 is 0 Å². The van der Waals surface area contributed by atoms with Crippen LogP contribution in [0.3, 0.4) is 0 Å². The Kier molecular flexibility index (Phi) is 5.47. The van der Waals surface area contributed by atoms with Gasteiger partial charge in [-0.2, -0.15) is 5.10 Å². The quantitative estimate of drug-likeness (QED) is 0.398. The molecule has 0 radical (unpaired) electrons. The number of nitrogens with one attached hydrogen (secondary N) is 1. The van der Waals surface area contributed by atoms with Gasteiger partial charge in [0.25, 0.3) is 5.91 Å². The molecule has 1 unspecified atom stereocenters. The van der Waals surface area contributed by atoms with Crippen LogP contribution in [0.4, 0.5) is 0 Å². The van der Waals surface area contributed by atoms with Gasteiger partial charge in [-0.15, -0.1) is 0 Å². The molecule has 0 spiro atoms.